The lowest BCUT2D eigenvalue weighted by molar-refractivity contribution is 0.429. The normalized spacial score (nSPS) is 18.6. The largest absolute Gasteiger partial charge is 0.356 e. The number of para-hydroxylation sites is 1. The lowest BCUT2D eigenvalue weighted by atomic mass is 10.2. The van der Waals surface area contributed by atoms with E-state index in [2.05, 4.69) is 10.3 Å². The van der Waals surface area contributed by atoms with Crippen molar-refractivity contribution in [3.63, 3.8) is 0 Å². The number of hydrogen-bond donors (Lipinski definition) is 0. The molecule has 9 heteroatoms. The number of nitrogens with zero attached hydrogens (tertiary/aromatic N) is 5. The standard InChI is InChI=1S/C16H15N5O3S/c17-7-12-8-18-21(9-12)13-5-6-20(10-13)25(22,23)11-15-14-3-1-2-4-16(14)24-19-15/h1-4,8-9,13H,5-6,10-11H2. The minimum absolute atomic E-state index is 0.0640. The van der Waals surface area contributed by atoms with Crippen LogP contribution in [0.1, 0.15) is 23.7 Å². The zero-order valence-electron chi connectivity index (χ0n) is 13.2. The van der Waals surface area contributed by atoms with Gasteiger partial charge in [-0.3, -0.25) is 4.68 Å². The molecule has 1 fully saturated rings. The highest BCUT2D eigenvalue weighted by Gasteiger charge is 2.33. The Morgan fingerprint density at radius 3 is 3.00 bits per heavy atom. The Labute approximate surface area is 144 Å². The van der Waals surface area contributed by atoms with E-state index in [9.17, 15) is 8.42 Å². The second-order valence-corrected chi connectivity index (χ2v) is 7.97. The van der Waals surface area contributed by atoms with Crippen molar-refractivity contribution >= 4 is 21.0 Å². The van der Waals surface area contributed by atoms with Crippen molar-refractivity contribution in [2.24, 2.45) is 0 Å². The Kier molecular flexibility index (Phi) is 3.78. The first-order chi connectivity index (χ1) is 12.1. The maximum atomic E-state index is 12.7. The van der Waals surface area contributed by atoms with Gasteiger partial charge in [-0.25, -0.2) is 8.42 Å². The van der Waals surface area contributed by atoms with Crippen LogP contribution in [0.15, 0.2) is 41.2 Å². The second-order valence-electron chi connectivity index (χ2n) is 6.00. The number of nitriles is 1. The third kappa shape index (κ3) is 2.90. The van der Waals surface area contributed by atoms with Crippen LogP contribution in [0.2, 0.25) is 0 Å². The van der Waals surface area contributed by atoms with Gasteiger partial charge in [0.05, 0.1) is 17.8 Å². The molecular formula is C16H15N5O3S. The Morgan fingerprint density at radius 2 is 2.20 bits per heavy atom. The van der Waals surface area contributed by atoms with Crippen LogP contribution >= 0.6 is 0 Å². The van der Waals surface area contributed by atoms with Crippen LogP contribution in [0.4, 0.5) is 0 Å². The van der Waals surface area contributed by atoms with E-state index in [-0.39, 0.29) is 11.8 Å². The number of sulfonamides is 1. The van der Waals surface area contributed by atoms with Crippen LogP contribution in [-0.2, 0) is 15.8 Å². The highest BCUT2D eigenvalue weighted by Crippen LogP contribution is 2.27. The summed E-state index contributed by atoms with van der Waals surface area (Å²) in [6.45, 7) is 0.759. The van der Waals surface area contributed by atoms with Gasteiger partial charge in [0.2, 0.25) is 10.0 Å². The maximum Gasteiger partial charge on any atom is 0.220 e. The molecule has 1 aliphatic rings. The van der Waals surface area contributed by atoms with Crippen molar-refractivity contribution < 1.29 is 12.9 Å². The van der Waals surface area contributed by atoms with Crippen LogP contribution in [0.5, 0.6) is 0 Å². The van der Waals surface area contributed by atoms with Gasteiger partial charge in [-0.15, -0.1) is 0 Å². The zero-order chi connectivity index (χ0) is 17.4. The van der Waals surface area contributed by atoms with E-state index in [1.807, 2.05) is 18.2 Å². The molecule has 0 radical (unpaired) electrons. The Morgan fingerprint density at radius 1 is 1.36 bits per heavy atom. The molecule has 25 heavy (non-hydrogen) atoms. The third-order valence-electron chi connectivity index (χ3n) is 4.40. The first kappa shape index (κ1) is 15.8. The van der Waals surface area contributed by atoms with E-state index < -0.39 is 10.0 Å². The van der Waals surface area contributed by atoms with Gasteiger partial charge in [-0.2, -0.15) is 14.7 Å². The van der Waals surface area contributed by atoms with Gasteiger partial charge < -0.3 is 4.52 Å². The van der Waals surface area contributed by atoms with Crippen molar-refractivity contribution in [3.05, 3.63) is 47.9 Å². The molecule has 1 unspecified atom stereocenters. The zero-order valence-corrected chi connectivity index (χ0v) is 14.1. The van der Waals surface area contributed by atoms with Crippen LogP contribution < -0.4 is 0 Å². The van der Waals surface area contributed by atoms with Crippen LogP contribution in [0, 0.1) is 11.3 Å². The molecular weight excluding hydrogens is 342 g/mol. The predicted octanol–water partition coefficient (Wildman–Crippen LogP) is 1.67. The van der Waals surface area contributed by atoms with E-state index in [1.165, 1.54) is 10.5 Å². The lowest BCUT2D eigenvalue weighted by Crippen LogP contribution is -2.30. The first-order valence-corrected chi connectivity index (χ1v) is 9.43. The molecule has 0 spiro atoms. The summed E-state index contributed by atoms with van der Waals surface area (Å²) < 4.78 is 33.8. The average molecular weight is 357 g/mol. The van der Waals surface area contributed by atoms with E-state index >= 15 is 0 Å². The SMILES string of the molecule is N#Cc1cnn(C2CCN(S(=O)(=O)Cc3noc4ccccc34)C2)c1. The molecule has 3 heterocycles. The van der Waals surface area contributed by atoms with Crippen molar-refractivity contribution in [3.8, 4) is 6.07 Å². The molecule has 1 aromatic carbocycles. The van der Waals surface area contributed by atoms with Gasteiger partial charge >= 0.3 is 0 Å². The summed E-state index contributed by atoms with van der Waals surface area (Å²) in [5.74, 6) is -0.195. The summed E-state index contributed by atoms with van der Waals surface area (Å²) in [5.41, 5.74) is 1.47. The molecule has 128 valence electrons. The summed E-state index contributed by atoms with van der Waals surface area (Å²) >= 11 is 0. The molecule has 0 N–H and O–H groups in total. The number of hydrogen-bond acceptors (Lipinski definition) is 6. The number of aromatic nitrogens is 3. The highest BCUT2D eigenvalue weighted by molar-refractivity contribution is 7.88. The fraction of sp³-hybridized carbons (Fsp3) is 0.312. The Balaban J connectivity index is 1.52. The summed E-state index contributed by atoms with van der Waals surface area (Å²) in [7, 11) is -3.51. The molecule has 0 saturated carbocycles. The fourth-order valence-corrected chi connectivity index (χ4v) is 4.60. The van der Waals surface area contributed by atoms with Crippen molar-refractivity contribution in [1.82, 2.24) is 19.2 Å². The van der Waals surface area contributed by atoms with Crippen LogP contribution in [0.25, 0.3) is 11.0 Å². The number of benzene rings is 1. The minimum Gasteiger partial charge on any atom is -0.356 e. The van der Waals surface area contributed by atoms with Gasteiger partial charge in [0.25, 0.3) is 0 Å². The minimum atomic E-state index is -3.51. The van der Waals surface area contributed by atoms with Gasteiger partial charge in [-0.05, 0) is 18.6 Å². The van der Waals surface area contributed by atoms with Crippen LogP contribution in [-0.4, -0.2) is 40.7 Å². The Bertz CT molecular complexity index is 1060. The quantitative estimate of drug-likeness (QED) is 0.703. The van der Waals surface area contributed by atoms with Gasteiger partial charge in [0.15, 0.2) is 5.58 Å². The molecule has 2 aromatic heterocycles. The molecule has 1 aliphatic heterocycles. The molecule has 0 amide bonds. The van der Waals surface area contributed by atoms with E-state index in [0.29, 0.717) is 41.7 Å². The van der Waals surface area contributed by atoms with Gasteiger partial charge in [0.1, 0.15) is 17.5 Å². The van der Waals surface area contributed by atoms with E-state index in [4.69, 9.17) is 9.78 Å². The fourth-order valence-electron chi connectivity index (χ4n) is 3.08. The first-order valence-electron chi connectivity index (χ1n) is 7.82. The topological polar surface area (TPSA) is 105 Å². The summed E-state index contributed by atoms with van der Waals surface area (Å²) in [6, 6.07) is 9.16. The Hall–Kier alpha value is -2.70. The highest BCUT2D eigenvalue weighted by atomic mass is 32.2. The summed E-state index contributed by atoms with van der Waals surface area (Å²) in [4.78, 5) is 0. The number of fused-ring (bicyclic) bond motifs is 1. The average Bonchev–Trinajstić information content (AvgIpc) is 3.34. The lowest BCUT2D eigenvalue weighted by Gasteiger charge is -2.16. The smallest absolute Gasteiger partial charge is 0.220 e. The predicted molar refractivity (Wildman–Crippen MR) is 88.8 cm³/mol. The molecule has 4 rings (SSSR count). The second kappa shape index (κ2) is 5.98. The maximum absolute atomic E-state index is 12.7. The molecule has 1 atom stereocenters. The molecule has 3 aromatic rings. The van der Waals surface area contributed by atoms with E-state index in [0.717, 1.165) is 0 Å². The van der Waals surface area contributed by atoms with Crippen LogP contribution in [0.3, 0.4) is 0 Å². The number of rotatable bonds is 4. The van der Waals surface area contributed by atoms with Gasteiger partial charge in [0, 0.05) is 24.7 Å². The molecule has 1 saturated heterocycles. The van der Waals surface area contributed by atoms with E-state index in [1.54, 1.807) is 23.0 Å². The van der Waals surface area contributed by atoms with Crippen molar-refractivity contribution in [2.75, 3.05) is 13.1 Å². The summed E-state index contributed by atoms with van der Waals surface area (Å²) in [6.07, 6.45) is 3.79. The molecule has 0 bridgehead atoms. The molecule has 8 nitrogen and oxygen atoms in total. The van der Waals surface area contributed by atoms with Crippen molar-refractivity contribution in [1.29, 1.82) is 5.26 Å². The monoisotopic (exact) mass is 357 g/mol. The van der Waals surface area contributed by atoms with Gasteiger partial charge in [-0.1, -0.05) is 17.3 Å². The van der Waals surface area contributed by atoms with Crippen molar-refractivity contribution in [2.45, 2.75) is 18.2 Å². The third-order valence-corrected chi connectivity index (χ3v) is 6.15. The molecule has 0 aliphatic carbocycles. The summed E-state index contributed by atoms with van der Waals surface area (Å²) in [5, 5.41) is 17.7.